The summed E-state index contributed by atoms with van der Waals surface area (Å²) >= 11 is 1.45. The molecule has 2 aromatic carbocycles. The zero-order valence-electron chi connectivity index (χ0n) is 14.9. The highest BCUT2D eigenvalue weighted by atomic mass is 32.1. The lowest BCUT2D eigenvalue weighted by molar-refractivity contribution is -0.115. The largest absolute Gasteiger partial charge is 0.323 e. The van der Waals surface area contributed by atoms with E-state index in [1.807, 2.05) is 17.5 Å². The Kier molecular flexibility index (Phi) is 5.18. The van der Waals surface area contributed by atoms with Crippen molar-refractivity contribution in [1.82, 2.24) is 10.2 Å². The van der Waals surface area contributed by atoms with Crippen LogP contribution in [0.1, 0.15) is 16.1 Å². The summed E-state index contributed by atoms with van der Waals surface area (Å²) in [6.07, 6.45) is 3.32. The van der Waals surface area contributed by atoms with Gasteiger partial charge in [0, 0.05) is 16.3 Å². The van der Waals surface area contributed by atoms with E-state index in [4.69, 9.17) is 0 Å². The smallest absolute Gasteiger partial charge is 0.229 e. The predicted molar refractivity (Wildman–Crippen MR) is 108 cm³/mol. The molecule has 8 heteroatoms. The zero-order valence-corrected chi connectivity index (χ0v) is 15.7. The van der Waals surface area contributed by atoms with Gasteiger partial charge in [0.15, 0.2) is 11.6 Å². The number of H-pyrrole nitrogens is 1. The Labute approximate surface area is 167 Å². The number of aromatic nitrogens is 2. The minimum Gasteiger partial charge on any atom is -0.323 e. The summed E-state index contributed by atoms with van der Waals surface area (Å²) in [5, 5.41) is 11.9. The van der Waals surface area contributed by atoms with Gasteiger partial charge in [0.25, 0.3) is 0 Å². The number of anilines is 1. The van der Waals surface area contributed by atoms with E-state index in [1.165, 1.54) is 29.5 Å². The number of nitrogens with one attached hydrogen (secondary N) is 2. The van der Waals surface area contributed by atoms with Crippen molar-refractivity contribution in [3.63, 3.8) is 0 Å². The first-order valence-corrected chi connectivity index (χ1v) is 9.50. The first kappa shape index (κ1) is 18.9. The first-order chi connectivity index (χ1) is 14.0. The normalized spacial score (nSPS) is 11.4. The molecule has 0 saturated heterocycles. The van der Waals surface area contributed by atoms with Crippen LogP contribution < -0.4 is 5.32 Å². The number of rotatable bonds is 5. The number of carbonyl (C=O) groups is 1. The van der Waals surface area contributed by atoms with Gasteiger partial charge in [0.1, 0.15) is 5.82 Å². The molecule has 1 amide bonds. The van der Waals surface area contributed by atoms with Crippen LogP contribution in [0, 0.1) is 17.5 Å². The molecule has 2 N–H and O–H groups in total. The number of fused-ring (bicyclic) bond motifs is 1. The molecule has 0 spiro atoms. The van der Waals surface area contributed by atoms with Crippen molar-refractivity contribution in [2.45, 2.75) is 6.42 Å². The second-order valence-corrected chi connectivity index (χ2v) is 7.33. The summed E-state index contributed by atoms with van der Waals surface area (Å²) in [5.41, 5.74) is 1.41. The van der Waals surface area contributed by atoms with Gasteiger partial charge in [-0.25, -0.2) is 13.2 Å². The van der Waals surface area contributed by atoms with Crippen molar-refractivity contribution in [3.8, 4) is 0 Å². The van der Waals surface area contributed by atoms with E-state index in [-0.39, 0.29) is 18.0 Å². The van der Waals surface area contributed by atoms with Gasteiger partial charge in [-0.2, -0.15) is 5.10 Å². The number of aromatic amines is 1. The van der Waals surface area contributed by atoms with Crippen molar-refractivity contribution in [2.75, 3.05) is 5.32 Å². The quantitative estimate of drug-likeness (QED) is 0.461. The molecule has 0 atom stereocenters. The molecule has 0 radical (unpaired) electrons. The van der Waals surface area contributed by atoms with E-state index in [1.54, 1.807) is 12.2 Å². The molecule has 4 nitrogen and oxygen atoms in total. The number of carbonyl (C=O) groups excluding carboxylic acids is 1. The monoisotopic (exact) mass is 413 g/mol. The van der Waals surface area contributed by atoms with E-state index in [0.29, 0.717) is 22.2 Å². The Morgan fingerprint density at radius 2 is 1.93 bits per heavy atom. The Balaban J connectivity index is 1.59. The predicted octanol–water partition coefficient (Wildman–Crippen LogP) is 5.39. The van der Waals surface area contributed by atoms with Crippen molar-refractivity contribution in [1.29, 1.82) is 0 Å². The van der Waals surface area contributed by atoms with Gasteiger partial charge in [-0.1, -0.05) is 18.2 Å². The molecule has 0 aliphatic heterocycles. The summed E-state index contributed by atoms with van der Waals surface area (Å²) in [7, 11) is 0. The van der Waals surface area contributed by atoms with Crippen LogP contribution in [0.5, 0.6) is 0 Å². The lowest BCUT2D eigenvalue weighted by Crippen LogP contribution is -2.14. The molecule has 29 heavy (non-hydrogen) atoms. The molecule has 0 saturated carbocycles. The minimum atomic E-state index is -0.947. The van der Waals surface area contributed by atoms with Gasteiger partial charge in [-0.15, -0.1) is 11.3 Å². The van der Waals surface area contributed by atoms with Crippen LogP contribution in [-0.2, 0) is 11.2 Å². The van der Waals surface area contributed by atoms with E-state index in [0.717, 1.165) is 17.0 Å². The fourth-order valence-electron chi connectivity index (χ4n) is 2.84. The summed E-state index contributed by atoms with van der Waals surface area (Å²) < 4.78 is 40.7. The number of halogens is 3. The number of thiophene rings is 1. The molecule has 0 fully saturated rings. The van der Waals surface area contributed by atoms with Crippen molar-refractivity contribution in [3.05, 3.63) is 81.4 Å². The zero-order chi connectivity index (χ0) is 20.4. The number of nitrogens with zero attached hydrogens (tertiary/aromatic N) is 1. The Morgan fingerprint density at radius 1 is 1.07 bits per heavy atom. The fourth-order valence-corrected chi connectivity index (χ4v) is 3.54. The highest BCUT2D eigenvalue weighted by Crippen LogP contribution is 2.26. The molecular formula is C21H14F3N3OS. The lowest BCUT2D eigenvalue weighted by atomic mass is 10.1. The van der Waals surface area contributed by atoms with E-state index in [2.05, 4.69) is 15.5 Å². The SMILES string of the molecule is O=C(Cc1cccs1)Nc1cc2c(/C=C/c3ccc(F)c(F)c3)n[nH]c2cc1F. The van der Waals surface area contributed by atoms with Crippen LogP contribution in [0.2, 0.25) is 0 Å². The van der Waals surface area contributed by atoms with Crippen LogP contribution in [0.15, 0.2) is 47.8 Å². The Bertz CT molecular complexity index is 1220. The molecule has 2 aromatic heterocycles. The molecule has 2 heterocycles. The number of benzene rings is 2. The van der Waals surface area contributed by atoms with Crippen LogP contribution in [0.4, 0.5) is 18.9 Å². The molecular weight excluding hydrogens is 399 g/mol. The van der Waals surface area contributed by atoms with Gasteiger partial charge in [-0.05, 0) is 41.3 Å². The van der Waals surface area contributed by atoms with E-state index < -0.39 is 17.5 Å². The van der Waals surface area contributed by atoms with E-state index in [9.17, 15) is 18.0 Å². The molecule has 0 unspecified atom stereocenters. The fraction of sp³-hybridized carbons (Fsp3) is 0.0476. The summed E-state index contributed by atoms with van der Waals surface area (Å²) in [4.78, 5) is 13.1. The van der Waals surface area contributed by atoms with Gasteiger partial charge >= 0.3 is 0 Å². The van der Waals surface area contributed by atoms with Crippen molar-refractivity contribution < 1.29 is 18.0 Å². The second-order valence-electron chi connectivity index (χ2n) is 6.30. The minimum absolute atomic E-state index is 0.0444. The third-order valence-electron chi connectivity index (χ3n) is 4.25. The second kappa shape index (κ2) is 7.92. The van der Waals surface area contributed by atoms with Crippen molar-refractivity contribution >= 4 is 46.0 Å². The standard InChI is InChI=1S/C21H14F3N3OS/c22-15-5-3-12(8-16(15)23)4-6-18-14-10-20(17(24)11-19(14)27-26-18)25-21(28)9-13-2-1-7-29-13/h1-8,10-11H,9H2,(H,25,28)(H,26,27)/b6-4+. The topological polar surface area (TPSA) is 57.8 Å². The molecule has 4 aromatic rings. The average molecular weight is 413 g/mol. The maximum absolute atomic E-state index is 14.3. The summed E-state index contributed by atoms with van der Waals surface area (Å²) in [6, 6.07) is 9.95. The average Bonchev–Trinajstić information content (AvgIpc) is 3.33. The molecule has 0 bridgehead atoms. The number of hydrogen-bond acceptors (Lipinski definition) is 3. The van der Waals surface area contributed by atoms with Crippen molar-refractivity contribution in [2.24, 2.45) is 0 Å². The highest BCUT2D eigenvalue weighted by Gasteiger charge is 2.13. The number of amides is 1. The van der Waals surface area contributed by atoms with Gasteiger partial charge in [0.2, 0.25) is 5.91 Å². The van der Waals surface area contributed by atoms with E-state index >= 15 is 0 Å². The van der Waals surface area contributed by atoms with Crippen LogP contribution in [0.25, 0.3) is 23.1 Å². The lowest BCUT2D eigenvalue weighted by Gasteiger charge is -2.06. The maximum atomic E-state index is 14.3. The number of hydrogen-bond donors (Lipinski definition) is 2. The van der Waals surface area contributed by atoms with Crippen LogP contribution in [0.3, 0.4) is 0 Å². The van der Waals surface area contributed by atoms with Crippen LogP contribution >= 0.6 is 11.3 Å². The van der Waals surface area contributed by atoms with Crippen LogP contribution in [-0.4, -0.2) is 16.1 Å². The Hall–Kier alpha value is -3.39. The van der Waals surface area contributed by atoms with Gasteiger partial charge in [-0.3, -0.25) is 9.89 Å². The molecule has 0 aliphatic carbocycles. The summed E-state index contributed by atoms with van der Waals surface area (Å²) in [5.74, 6) is -2.78. The molecule has 146 valence electrons. The van der Waals surface area contributed by atoms with Gasteiger partial charge in [0.05, 0.1) is 23.3 Å². The summed E-state index contributed by atoms with van der Waals surface area (Å²) in [6.45, 7) is 0. The maximum Gasteiger partial charge on any atom is 0.229 e. The highest BCUT2D eigenvalue weighted by molar-refractivity contribution is 7.10. The Morgan fingerprint density at radius 3 is 2.69 bits per heavy atom. The third-order valence-corrected chi connectivity index (χ3v) is 5.12. The first-order valence-electron chi connectivity index (χ1n) is 8.62. The van der Waals surface area contributed by atoms with Gasteiger partial charge < -0.3 is 5.32 Å². The molecule has 0 aliphatic rings. The third kappa shape index (κ3) is 4.22. The molecule has 4 rings (SSSR count).